The molecule has 2 fully saturated rings. The van der Waals surface area contributed by atoms with Crippen molar-refractivity contribution in [2.24, 2.45) is 5.92 Å². The molecule has 14 nitrogen and oxygen atoms in total. The summed E-state index contributed by atoms with van der Waals surface area (Å²) in [6, 6.07) is 3.92. The number of ketones is 1. The van der Waals surface area contributed by atoms with E-state index in [4.69, 9.17) is 14.2 Å². The number of hydrogen-bond donors (Lipinski definition) is 2. The zero-order valence-corrected chi connectivity index (χ0v) is 32.3. The van der Waals surface area contributed by atoms with E-state index in [-0.39, 0.29) is 60.5 Å². The summed E-state index contributed by atoms with van der Waals surface area (Å²) < 4.78 is 33.8. The number of anilines is 1. The molecule has 0 spiro atoms. The molecular weight excluding hydrogens is 770 g/mol. The lowest BCUT2D eigenvalue weighted by Gasteiger charge is -2.46. The smallest absolute Gasteiger partial charge is 0.341 e. The van der Waals surface area contributed by atoms with Gasteiger partial charge < -0.3 is 34.1 Å². The zero-order valence-electron chi connectivity index (χ0n) is 30.7. The van der Waals surface area contributed by atoms with Crippen molar-refractivity contribution < 1.29 is 52.5 Å². The van der Waals surface area contributed by atoms with Gasteiger partial charge in [-0.3, -0.25) is 24.0 Å². The maximum absolute atomic E-state index is 15.7. The summed E-state index contributed by atoms with van der Waals surface area (Å²) in [5, 5.41) is 13.9. The van der Waals surface area contributed by atoms with Crippen LogP contribution in [0.25, 0.3) is 10.9 Å². The van der Waals surface area contributed by atoms with Gasteiger partial charge in [0.25, 0.3) is 0 Å². The highest BCUT2D eigenvalue weighted by atomic mass is 32.2. The number of rotatable bonds is 12. The topological polar surface area (TPSA) is 188 Å². The maximum atomic E-state index is 15.7. The summed E-state index contributed by atoms with van der Waals surface area (Å²) in [4.78, 5) is 91.3. The van der Waals surface area contributed by atoms with Crippen LogP contribution in [0.3, 0.4) is 0 Å². The average molecular weight is 810 g/mol. The van der Waals surface area contributed by atoms with Gasteiger partial charge in [0.15, 0.2) is 5.78 Å². The maximum Gasteiger partial charge on any atom is 0.341 e. The minimum atomic E-state index is -1.37. The quantitative estimate of drug-likeness (QED) is 0.199. The fourth-order valence-corrected chi connectivity index (χ4v) is 10.2. The minimum absolute atomic E-state index is 0.0359. The number of Topliss-reactive ketones (excluding diaryl/α,β-unsaturated/α-hetero) is 1. The van der Waals surface area contributed by atoms with Crippen molar-refractivity contribution in [2.75, 3.05) is 37.0 Å². The Balaban J connectivity index is 0.945. The Kier molecular flexibility index (Phi) is 11.4. The van der Waals surface area contributed by atoms with Crippen LogP contribution < -0.4 is 15.6 Å². The van der Waals surface area contributed by atoms with Crippen LogP contribution in [-0.2, 0) is 51.0 Å². The van der Waals surface area contributed by atoms with E-state index in [0.29, 0.717) is 61.1 Å². The van der Waals surface area contributed by atoms with Crippen molar-refractivity contribution in [1.29, 1.82) is 0 Å². The molecule has 0 bridgehead atoms. The van der Waals surface area contributed by atoms with E-state index in [0.717, 1.165) is 10.9 Å². The van der Waals surface area contributed by atoms with Crippen LogP contribution in [0.5, 0.6) is 0 Å². The van der Waals surface area contributed by atoms with Gasteiger partial charge in [0.1, 0.15) is 36.7 Å². The highest BCUT2D eigenvalue weighted by Crippen LogP contribution is 2.46. The molecule has 1 aliphatic carbocycles. The largest absolute Gasteiger partial charge is 0.477 e. The third-order valence-corrected chi connectivity index (χ3v) is 13.1. The van der Waals surface area contributed by atoms with Crippen molar-refractivity contribution in [3.05, 3.63) is 73.0 Å². The molecule has 4 aliphatic rings. The Morgan fingerprint density at radius 1 is 1.09 bits per heavy atom. The van der Waals surface area contributed by atoms with Gasteiger partial charge in [-0.05, 0) is 42.9 Å². The van der Waals surface area contributed by atoms with Gasteiger partial charge in [0, 0.05) is 71.9 Å². The van der Waals surface area contributed by atoms with E-state index in [1.54, 1.807) is 4.57 Å². The predicted octanol–water partition coefficient (Wildman–Crippen LogP) is 3.75. The first-order valence-corrected chi connectivity index (χ1v) is 20.3. The van der Waals surface area contributed by atoms with Gasteiger partial charge >= 0.3 is 23.9 Å². The fraction of sp³-hybridized carbons (Fsp3) is 0.462. The van der Waals surface area contributed by atoms with Gasteiger partial charge in [0.2, 0.25) is 11.3 Å². The number of thiophene rings is 1. The number of carboxylic acid groups (broad SMARTS) is 1. The second-order valence-corrected chi connectivity index (χ2v) is 16.6. The first-order valence-electron chi connectivity index (χ1n) is 18.4. The predicted molar refractivity (Wildman–Crippen MR) is 203 cm³/mol. The van der Waals surface area contributed by atoms with Gasteiger partial charge in [-0.25, -0.2) is 14.0 Å². The minimum Gasteiger partial charge on any atom is -0.477 e. The number of fused-ring (bicyclic) bond motifs is 1. The van der Waals surface area contributed by atoms with Crippen molar-refractivity contribution in [1.82, 2.24) is 9.88 Å². The Labute approximate surface area is 328 Å². The summed E-state index contributed by atoms with van der Waals surface area (Å²) in [6.45, 7) is 3.35. The van der Waals surface area contributed by atoms with Crippen molar-refractivity contribution in [3.8, 4) is 0 Å². The van der Waals surface area contributed by atoms with Crippen molar-refractivity contribution >= 4 is 75.3 Å². The molecule has 0 radical (unpaired) electrons. The number of pyridine rings is 1. The third kappa shape index (κ3) is 7.70. The molecule has 5 heterocycles. The van der Waals surface area contributed by atoms with Crippen LogP contribution in [0, 0.1) is 11.7 Å². The van der Waals surface area contributed by atoms with Crippen molar-refractivity contribution in [3.63, 3.8) is 0 Å². The highest BCUT2D eigenvalue weighted by molar-refractivity contribution is 8.00. The molecule has 1 aromatic carbocycles. The van der Waals surface area contributed by atoms with Crippen LogP contribution in [0.15, 0.2) is 45.7 Å². The Morgan fingerprint density at radius 3 is 2.55 bits per heavy atom. The van der Waals surface area contributed by atoms with E-state index in [9.17, 15) is 38.7 Å². The standard InChI is InChI=1S/C39H40FN3O11S2/c1-19-5-6-24-33-25(35(47)26(38(49)50)16-43(19)33)15-27(40)34(24)42-10-7-22(8-11-42)54-29(46)9-12-52-39(51)30-21(17-53-20(2)44)18-56-37-31(30)36(48)32(37)41-28(45)14-23-4-3-13-55-23/h3-4,13,15-16,19,22,31-32,37H,5-12,14,17-18H2,1-2H3,(H,41,45)(H,49,50)/t19?,31?,32-,37+/m1/s1. The van der Waals surface area contributed by atoms with Crippen LogP contribution in [0.4, 0.5) is 10.1 Å². The number of ether oxygens (including phenoxy) is 3. The molecule has 2 N–H and O–H groups in total. The molecule has 3 aromatic rings. The van der Waals surface area contributed by atoms with Crippen LogP contribution in [-0.4, -0.2) is 94.7 Å². The lowest BCUT2D eigenvalue weighted by molar-refractivity contribution is -0.153. The first-order chi connectivity index (χ1) is 26.8. The number of esters is 3. The van der Waals surface area contributed by atoms with E-state index in [1.165, 1.54) is 36.2 Å². The molecule has 2 aromatic heterocycles. The number of amides is 1. The summed E-state index contributed by atoms with van der Waals surface area (Å²) in [6.07, 6.45) is 2.67. The number of aromatic carboxylic acids is 1. The number of nitrogens with one attached hydrogen (secondary N) is 1. The zero-order chi connectivity index (χ0) is 39.8. The van der Waals surface area contributed by atoms with E-state index >= 15 is 4.39 Å². The van der Waals surface area contributed by atoms with Crippen LogP contribution in [0.1, 0.15) is 66.4 Å². The molecule has 56 heavy (non-hydrogen) atoms. The highest BCUT2D eigenvalue weighted by Gasteiger charge is 2.56. The molecular formula is C39H40FN3O11S2. The first kappa shape index (κ1) is 39.2. The number of hydrogen-bond acceptors (Lipinski definition) is 13. The molecule has 1 amide bonds. The molecule has 7 rings (SSSR count). The number of nitrogens with zero attached hydrogens (tertiary/aromatic N) is 2. The van der Waals surface area contributed by atoms with Crippen LogP contribution >= 0.6 is 23.1 Å². The third-order valence-electron chi connectivity index (χ3n) is 10.8. The van der Waals surface area contributed by atoms with Crippen molar-refractivity contribution in [2.45, 2.75) is 75.8 Å². The summed E-state index contributed by atoms with van der Waals surface area (Å²) in [5.74, 6) is -5.18. The molecule has 296 valence electrons. The Morgan fingerprint density at radius 2 is 1.86 bits per heavy atom. The van der Waals surface area contributed by atoms with E-state index in [1.807, 2.05) is 29.3 Å². The van der Waals surface area contributed by atoms with E-state index < -0.39 is 64.0 Å². The number of thioether (sulfide) groups is 1. The molecule has 3 aliphatic heterocycles. The average Bonchev–Trinajstić information content (AvgIpc) is 3.67. The number of benzene rings is 1. The fourth-order valence-electron chi connectivity index (χ4n) is 7.99. The number of carbonyl (C=O) groups is 6. The molecule has 2 unspecified atom stereocenters. The van der Waals surface area contributed by atoms with Gasteiger partial charge in [0.05, 0.1) is 35.5 Å². The summed E-state index contributed by atoms with van der Waals surface area (Å²) in [7, 11) is 0. The molecule has 4 atom stereocenters. The lowest BCUT2D eigenvalue weighted by atomic mass is 9.71. The number of aromatic nitrogens is 1. The second kappa shape index (κ2) is 16.2. The number of aryl methyl sites for hydroxylation is 1. The molecule has 17 heteroatoms. The van der Waals surface area contributed by atoms with Gasteiger partial charge in [-0.15, -0.1) is 11.3 Å². The number of carbonyl (C=O) groups excluding carboxylic acids is 5. The van der Waals surface area contributed by atoms with Crippen LogP contribution in [0.2, 0.25) is 0 Å². The Bertz CT molecular complexity index is 2210. The van der Waals surface area contributed by atoms with E-state index in [2.05, 4.69) is 5.32 Å². The SMILES string of the molecule is CC(=O)OCC1=C(C(=O)OCCC(=O)OC2CCN(c3c(F)cc4c(=O)c(C(=O)O)cn5c4c3CCC5C)CC2)C2C(=O)[C@@H](NC(=O)Cc3cccs3)[C@H]2SC1. The molecule has 1 saturated carbocycles. The number of piperidine rings is 1. The molecule has 1 saturated heterocycles. The lowest BCUT2D eigenvalue weighted by Crippen LogP contribution is -2.65. The normalized spacial score (nSPS) is 21.9. The monoisotopic (exact) mass is 809 g/mol. The number of carboxylic acids is 1. The second-order valence-electron chi connectivity index (χ2n) is 14.4. The van der Waals surface area contributed by atoms with Gasteiger partial charge in [-0.2, -0.15) is 11.8 Å². The Hall–Kier alpha value is -5.03. The summed E-state index contributed by atoms with van der Waals surface area (Å²) >= 11 is 2.82. The summed E-state index contributed by atoms with van der Waals surface area (Å²) in [5.41, 5.74) is 0.933. The van der Waals surface area contributed by atoms with Gasteiger partial charge in [-0.1, -0.05) is 6.07 Å². The number of halogens is 1.